The van der Waals surface area contributed by atoms with Gasteiger partial charge in [0.15, 0.2) is 0 Å². The van der Waals surface area contributed by atoms with Crippen LogP contribution in [0.25, 0.3) is 0 Å². The van der Waals surface area contributed by atoms with Crippen LogP contribution >= 0.6 is 0 Å². The summed E-state index contributed by atoms with van der Waals surface area (Å²) in [5.74, 6) is -2.42. The second-order valence-electron chi connectivity index (χ2n) is 7.09. The predicted octanol–water partition coefficient (Wildman–Crippen LogP) is 4.26. The first kappa shape index (κ1) is 25.7. The average Bonchev–Trinajstić information content (AvgIpc) is 2.69. The Bertz CT molecular complexity index is 1140. The number of rotatable bonds is 11. The number of hydrogen-bond acceptors (Lipinski definition) is 5. The van der Waals surface area contributed by atoms with Gasteiger partial charge in [-0.25, -0.2) is 12.6 Å². The molecule has 2 atom stereocenters. The number of halogens is 3. The van der Waals surface area contributed by atoms with E-state index in [0.29, 0.717) is 11.3 Å². The van der Waals surface area contributed by atoms with Crippen molar-refractivity contribution in [1.82, 2.24) is 0 Å². The maximum atomic E-state index is 13.1. The van der Waals surface area contributed by atoms with E-state index >= 15 is 0 Å². The van der Waals surface area contributed by atoms with Crippen LogP contribution in [0.1, 0.15) is 24.8 Å². The Hall–Kier alpha value is -2.60. The van der Waals surface area contributed by atoms with Gasteiger partial charge in [-0.05, 0) is 43.0 Å². The van der Waals surface area contributed by atoms with Crippen LogP contribution in [0.3, 0.4) is 0 Å². The Morgan fingerprint density at radius 2 is 1.59 bits per heavy atom. The number of alkyl halides is 3. The van der Waals surface area contributed by atoms with Crippen molar-refractivity contribution >= 4 is 31.4 Å². The summed E-state index contributed by atoms with van der Waals surface area (Å²) in [4.78, 5) is 10.7. The molecular formula is C20H23F3N2O5S2. The molecule has 2 rings (SSSR count). The fraction of sp³-hybridized carbons (Fsp3) is 0.350. The molecule has 0 aliphatic heterocycles. The van der Waals surface area contributed by atoms with Crippen molar-refractivity contribution in [3.8, 4) is 0 Å². The maximum absolute atomic E-state index is 13.1. The van der Waals surface area contributed by atoms with Gasteiger partial charge < -0.3 is 5.11 Å². The number of unbranched alkanes of at least 4 members (excludes halogenated alkanes) is 1. The van der Waals surface area contributed by atoms with Gasteiger partial charge in [0.2, 0.25) is 0 Å². The zero-order valence-corrected chi connectivity index (χ0v) is 18.5. The lowest BCUT2D eigenvalue weighted by atomic mass is 10.1. The minimum absolute atomic E-state index is 0.00880. The summed E-state index contributed by atoms with van der Waals surface area (Å²) in [5, 5.41) is 5.92. The summed E-state index contributed by atoms with van der Waals surface area (Å²) in [6.45, 7) is 0. The van der Waals surface area contributed by atoms with E-state index in [1.807, 2.05) is 0 Å². The summed E-state index contributed by atoms with van der Waals surface area (Å²) in [7, 11) is -8.16. The molecule has 0 radical (unpaired) electrons. The Morgan fingerprint density at radius 1 is 1.00 bits per heavy atom. The molecule has 32 heavy (non-hydrogen) atoms. The lowest BCUT2D eigenvalue weighted by molar-refractivity contribution is -0.150. The van der Waals surface area contributed by atoms with E-state index in [9.17, 15) is 30.6 Å². The van der Waals surface area contributed by atoms with Crippen molar-refractivity contribution in [3.63, 3.8) is 0 Å². The fourth-order valence-electron chi connectivity index (χ4n) is 3.09. The van der Waals surface area contributed by atoms with E-state index in [4.69, 9.17) is 9.89 Å². The molecule has 0 amide bonds. The topological polar surface area (TPSA) is 124 Å². The van der Waals surface area contributed by atoms with Crippen molar-refractivity contribution in [1.29, 1.82) is 4.78 Å². The third-order valence-corrected chi connectivity index (χ3v) is 8.35. The molecular weight excluding hydrogens is 469 g/mol. The summed E-state index contributed by atoms with van der Waals surface area (Å²) in [5.41, 5.74) is 0.790. The monoisotopic (exact) mass is 492 g/mol. The first-order valence-corrected chi connectivity index (χ1v) is 12.8. The summed E-state index contributed by atoms with van der Waals surface area (Å²) >= 11 is 0. The molecule has 7 nitrogen and oxygen atoms in total. The van der Waals surface area contributed by atoms with Gasteiger partial charge in [0.1, 0.15) is 5.25 Å². The molecule has 0 bridgehead atoms. The minimum atomic E-state index is -5.07. The molecule has 12 heteroatoms. The molecule has 2 aromatic carbocycles. The largest absolute Gasteiger partial charge is 0.481 e. The lowest BCUT2D eigenvalue weighted by Crippen LogP contribution is -2.39. The first-order valence-electron chi connectivity index (χ1n) is 9.52. The highest BCUT2D eigenvalue weighted by Crippen LogP contribution is 2.30. The Balaban J connectivity index is 2.07. The van der Waals surface area contributed by atoms with Gasteiger partial charge in [-0.1, -0.05) is 36.4 Å². The lowest BCUT2D eigenvalue weighted by Gasteiger charge is -2.21. The number of anilines is 1. The molecule has 3 N–H and O–H groups in total. The Kier molecular flexibility index (Phi) is 8.29. The van der Waals surface area contributed by atoms with Crippen molar-refractivity contribution in [2.24, 2.45) is 0 Å². The van der Waals surface area contributed by atoms with Crippen LogP contribution in [0.15, 0.2) is 59.5 Å². The number of benzene rings is 2. The van der Waals surface area contributed by atoms with Gasteiger partial charge >= 0.3 is 12.1 Å². The molecule has 0 fully saturated rings. The number of sulfonamides is 1. The summed E-state index contributed by atoms with van der Waals surface area (Å²) in [6, 6.07) is 14.4. The first-order chi connectivity index (χ1) is 14.8. The van der Waals surface area contributed by atoms with Crippen LogP contribution in [-0.2, 0) is 31.0 Å². The summed E-state index contributed by atoms with van der Waals surface area (Å²) < 4.78 is 87.1. The van der Waals surface area contributed by atoms with Crippen molar-refractivity contribution in [2.75, 3.05) is 10.5 Å². The molecule has 0 aromatic heterocycles. The molecule has 0 spiro atoms. The second kappa shape index (κ2) is 10.3. The molecule has 2 unspecified atom stereocenters. The Labute approximate surface area is 184 Å². The van der Waals surface area contributed by atoms with E-state index in [1.165, 1.54) is 6.07 Å². The molecule has 0 heterocycles. The number of aryl methyl sites for hydroxylation is 1. The summed E-state index contributed by atoms with van der Waals surface area (Å²) in [6.07, 6.45) is -6.23. The van der Waals surface area contributed by atoms with E-state index in [1.54, 1.807) is 48.5 Å². The third-order valence-electron chi connectivity index (χ3n) is 4.62. The molecule has 0 aliphatic rings. The van der Waals surface area contributed by atoms with Gasteiger partial charge in [0.05, 0.1) is 21.0 Å². The number of carboxylic acid groups (broad SMARTS) is 1. The number of hydrogen-bond donors (Lipinski definition) is 3. The van der Waals surface area contributed by atoms with Crippen LogP contribution in [-0.4, -0.2) is 40.9 Å². The zero-order valence-electron chi connectivity index (χ0n) is 16.8. The quantitative estimate of drug-likeness (QED) is 0.404. The molecule has 0 saturated heterocycles. The second-order valence-corrected chi connectivity index (χ2v) is 11.2. The predicted molar refractivity (Wildman–Crippen MR) is 114 cm³/mol. The van der Waals surface area contributed by atoms with Crippen molar-refractivity contribution in [2.45, 2.75) is 42.0 Å². The third kappa shape index (κ3) is 7.23. The van der Waals surface area contributed by atoms with E-state index in [-0.39, 0.29) is 24.2 Å². The maximum Gasteiger partial charge on any atom is 0.404 e. The van der Waals surface area contributed by atoms with Gasteiger partial charge in [0.25, 0.3) is 10.0 Å². The van der Waals surface area contributed by atoms with E-state index in [0.717, 1.165) is 0 Å². The van der Waals surface area contributed by atoms with Crippen LogP contribution in [0.5, 0.6) is 0 Å². The molecule has 0 saturated carbocycles. The number of carboxylic acids is 1. The smallest absolute Gasteiger partial charge is 0.404 e. The van der Waals surface area contributed by atoms with Gasteiger partial charge in [0, 0.05) is 11.4 Å². The highest BCUT2D eigenvalue weighted by molar-refractivity contribution is 7.93. The highest BCUT2D eigenvalue weighted by atomic mass is 32.2. The SMILES string of the molecule is N=S(=O)(CCCCc1ccccc1S(=O)(=O)Nc1ccccc1)C(CC(=O)O)C(F)(F)F. The number of para-hydroxylation sites is 1. The number of carbonyl (C=O) groups is 1. The average molecular weight is 493 g/mol. The van der Waals surface area contributed by atoms with Gasteiger partial charge in [-0.3, -0.25) is 14.3 Å². The van der Waals surface area contributed by atoms with E-state index in [2.05, 4.69) is 4.72 Å². The minimum Gasteiger partial charge on any atom is -0.481 e. The van der Waals surface area contributed by atoms with Crippen molar-refractivity contribution in [3.05, 3.63) is 60.2 Å². The normalized spacial score (nSPS) is 15.0. The molecule has 0 aliphatic carbocycles. The van der Waals surface area contributed by atoms with Crippen molar-refractivity contribution < 1.29 is 35.7 Å². The van der Waals surface area contributed by atoms with Crippen LogP contribution in [0.2, 0.25) is 0 Å². The van der Waals surface area contributed by atoms with Gasteiger partial charge in [-0.15, -0.1) is 0 Å². The molecule has 176 valence electrons. The highest BCUT2D eigenvalue weighted by Gasteiger charge is 2.47. The Morgan fingerprint density at radius 3 is 2.19 bits per heavy atom. The van der Waals surface area contributed by atoms with Crippen LogP contribution in [0.4, 0.5) is 18.9 Å². The molecule has 2 aromatic rings. The van der Waals surface area contributed by atoms with Gasteiger partial charge in [-0.2, -0.15) is 13.2 Å². The van der Waals surface area contributed by atoms with E-state index < -0.39 is 49.3 Å². The fourth-order valence-corrected chi connectivity index (χ4v) is 6.18. The number of nitrogens with one attached hydrogen (secondary N) is 2. The number of aliphatic carboxylic acids is 1. The standard InChI is InChI=1S/C20H23F3N2O5S2/c21-20(22,23)18(14-19(26)27)31(24,28)13-7-6-9-15-8-4-5-12-17(15)32(29,30)25-16-10-2-1-3-11-16/h1-5,8,10-12,18,24-25H,6-7,9,13-14H2,(H,26,27). The zero-order chi connectivity index (χ0) is 24.0. The van der Waals surface area contributed by atoms with Crippen LogP contribution in [0, 0.1) is 4.78 Å². The van der Waals surface area contributed by atoms with Crippen LogP contribution < -0.4 is 4.72 Å².